The van der Waals surface area contributed by atoms with Crippen molar-refractivity contribution in [2.45, 2.75) is 38.0 Å². The number of amides is 1. The Bertz CT molecular complexity index is 1520. The lowest BCUT2D eigenvalue weighted by Crippen LogP contribution is -2.14. The fourth-order valence-electron chi connectivity index (χ4n) is 3.98. The SMILES string of the molecule is CCS(=O)(=O)c1ccc(CC(=O)Nc2nc(-c3ccccc3)c(C(=O)c3ccccc3C(C)C)s2)cc1. The molecule has 0 spiro atoms. The van der Waals surface area contributed by atoms with E-state index < -0.39 is 9.84 Å². The first-order valence-electron chi connectivity index (χ1n) is 12.0. The van der Waals surface area contributed by atoms with Crippen molar-refractivity contribution >= 4 is 38.0 Å². The van der Waals surface area contributed by atoms with Crippen LogP contribution in [0.15, 0.2) is 83.8 Å². The van der Waals surface area contributed by atoms with Crippen molar-refractivity contribution in [3.05, 3.63) is 100 Å². The molecule has 3 aromatic carbocycles. The Morgan fingerprint density at radius 3 is 2.22 bits per heavy atom. The van der Waals surface area contributed by atoms with Gasteiger partial charge in [0.25, 0.3) is 0 Å². The molecule has 0 fully saturated rings. The number of rotatable bonds is 9. The number of hydrogen-bond acceptors (Lipinski definition) is 6. The van der Waals surface area contributed by atoms with Gasteiger partial charge in [0, 0.05) is 11.1 Å². The third-order valence-electron chi connectivity index (χ3n) is 5.98. The second kappa shape index (κ2) is 11.2. The maximum Gasteiger partial charge on any atom is 0.230 e. The molecule has 8 heteroatoms. The van der Waals surface area contributed by atoms with Gasteiger partial charge in [-0.15, -0.1) is 0 Å². The first kappa shape index (κ1) is 26.4. The normalized spacial score (nSPS) is 11.5. The molecule has 1 aromatic heterocycles. The summed E-state index contributed by atoms with van der Waals surface area (Å²) in [6.45, 7) is 5.69. The van der Waals surface area contributed by atoms with Crippen molar-refractivity contribution in [1.82, 2.24) is 4.98 Å². The number of hydrogen-bond donors (Lipinski definition) is 1. The van der Waals surface area contributed by atoms with Gasteiger partial charge in [-0.1, -0.05) is 98.8 Å². The number of benzene rings is 3. The predicted octanol–water partition coefficient (Wildman–Crippen LogP) is 6.14. The van der Waals surface area contributed by atoms with Crippen molar-refractivity contribution in [2.24, 2.45) is 0 Å². The number of nitrogens with one attached hydrogen (secondary N) is 1. The zero-order valence-corrected chi connectivity index (χ0v) is 22.5. The van der Waals surface area contributed by atoms with Gasteiger partial charge < -0.3 is 5.32 Å². The Morgan fingerprint density at radius 2 is 1.57 bits per heavy atom. The van der Waals surface area contributed by atoms with Crippen LogP contribution in [-0.4, -0.2) is 30.8 Å². The number of carbonyl (C=O) groups excluding carboxylic acids is 2. The van der Waals surface area contributed by atoms with Crippen molar-refractivity contribution in [1.29, 1.82) is 0 Å². The van der Waals surface area contributed by atoms with Crippen LogP contribution < -0.4 is 5.32 Å². The molecule has 0 aliphatic rings. The molecule has 0 saturated heterocycles. The van der Waals surface area contributed by atoms with Crippen LogP contribution in [-0.2, 0) is 21.1 Å². The molecule has 37 heavy (non-hydrogen) atoms. The molecule has 1 N–H and O–H groups in total. The molecule has 0 atom stereocenters. The van der Waals surface area contributed by atoms with E-state index in [1.165, 1.54) is 12.1 Å². The highest BCUT2D eigenvalue weighted by atomic mass is 32.2. The van der Waals surface area contributed by atoms with Gasteiger partial charge in [-0.3, -0.25) is 9.59 Å². The number of ketones is 1. The average molecular weight is 533 g/mol. The van der Waals surface area contributed by atoms with Crippen molar-refractivity contribution < 1.29 is 18.0 Å². The number of carbonyl (C=O) groups is 2. The summed E-state index contributed by atoms with van der Waals surface area (Å²) in [7, 11) is -3.30. The zero-order chi connectivity index (χ0) is 26.6. The number of thiazole rings is 1. The minimum Gasteiger partial charge on any atom is -0.302 e. The van der Waals surface area contributed by atoms with E-state index in [4.69, 9.17) is 0 Å². The van der Waals surface area contributed by atoms with Crippen LogP contribution in [0.5, 0.6) is 0 Å². The summed E-state index contributed by atoms with van der Waals surface area (Å²) >= 11 is 1.15. The van der Waals surface area contributed by atoms with Gasteiger partial charge in [-0.25, -0.2) is 13.4 Å². The highest BCUT2D eigenvalue weighted by Gasteiger charge is 2.24. The summed E-state index contributed by atoms with van der Waals surface area (Å²) in [5, 5.41) is 3.15. The van der Waals surface area contributed by atoms with E-state index in [0.29, 0.717) is 26.8 Å². The van der Waals surface area contributed by atoms with Crippen molar-refractivity contribution in [3.63, 3.8) is 0 Å². The summed E-state index contributed by atoms with van der Waals surface area (Å²) in [6.07, 6.45) is 0.0478. The molecule has 0 radical (unpaired) electrons. The lowest BCUT2D eigenvalue weighted by molar-refractivity contribution is -0.115. The quantitative estimate of drug-likeness (QED) is 0.261. The van der Waals surface area contributed by atoms with Crippen LogP contribution in [0.25, 0.3) is 11.3 Å². The van der Waals surface area contributed by atoms with Gasteiger partial charge in [-0.2, -0.15) is 0 Å². The smallest absolute Gasteiger partial charge is 0.230 e. The van der Waals surface area contributed by atoms with Crippen LogP contribution in [0, 0.1) is 0 Å². The fourth-order valence-corrected chi connectivity index (χ4v) is 5.82. The van der Waals surface area contributed by atoms with Crippen LogP contribution in [0.2, 0.25) is 0 Å². The van der Waals surface area contributed by atoms with E-state index in [9.17, 15) is 18.0 Å². The minimum atomic E-state index is -3.30. The molecule has 1 amide bonds. The standard InChI is InChI=1S/C29H28N2O4S2/c1-4-37(34,35)22-16-14-20(15-17-22)18-25(32)30-29-31-26(21-10-6-5-7-11-21)28(36-29)27(33)24-13-9-8-12-23(24)19(2)3/h5-17,19H,4,18H2,1-3H3,(H,30,31,32). The van der Waals surface area contributed by atoms with E-state index in [1.54, 1.807) is 19.1 Å². The highest BCUT2D eigenvalue weighted by molar-refractivity contribution is 7.91. The summed E-state index contributed by atoms with van der Waals surface area (Å²) in [5.74, 6) is -0.246. The third kappa shape index (κ3) is 6.03. The minimum absolute atomic E-state index is 0.0172. The summed E-state index contributed by atoms with van der Waals surface area (Å²) in [5.41, 5.74) is 3.57. The Labute approximate surface area is 221 Å². The molecule has 190 valence electrons. The Balaban J connectivity index is 1.62. The second-order valence-corrected chi connectivity index (χ2v) is 12.2. The number of sulfone groups is 1. The monoisotopic (exact) mass is 532 g/mol. The Hall–Kier alpha value is -3.62. The molecular formula is C29H28N2O4S2. The average Bonchev–Trinajstić information content (AvgIpc) is 3.32. The Morgan fingerprint density at radius 1 is 0.919 bits per heavy atom. The molecule has 0 bridgehead atoms. The summed E-state index contributed by atoms with van der Waals surface area (Å²) in [6, 6.07) is 23.3. The fraction of sp³-hybridized carbons (Fsp3) is 0.207. The molecule has 0 unspecified atom stereocenters. The lowest BCUT2D eigenvalue weighted by atomic mass is 9.93. The molecule has 4 rings (SSSR count). The van der Waals surface area contributed by atoms with Crippen molar-refractivity contribution in [3.8, 4) is 11.3 Å². The van der Waals surface area contributed by atoms with E-state index in [1.807, 2.05) is 68.4 Å². The van der Waals surface area contributed by atoms with Gasteiger partial charge in [0.05, 0.1) is 22.8 Å². The number of anilines is 1. The van der Waals surface area contributed by atoms with E-state index in [2.05, 4.69) is 10.3 Å². The van der Waals surface area contributed by atoms with Crippen LogP contribution in [0.4, 0.5) is 5.13 Å². The van der Waals surface area contributed by atoms with Gasteiger partial charge in [0.2, 0.25) is 11.7 Å². The maximum atomic E-state index is 13.7. The van der Waals surface area contributed by atoms with Crippen LogP contribution in [0.1, 0.15) is 53.1 Å². The van der Waals surface area contributed by atoms with Crippen molar-refractivity contribution in [2.75, 3.05) is 11.1 Å². The lowest BCUT2D eigenvalue weighted by Gasteiger charge is -2.11. The molecule has 0 aliphatic carbocycles. The number of nitrogens with zero attached hydrogens (tertiary/aromatic N) is 1. The molecular weight excluding hydrogens is 504 g/mol. The molecule has 6 nitrogen and oxygen atoms in total. The second-order valence-electron chi connectivity index (χ2n) is 8.91. The van der Waals surface area contributed by atoms with Gasteiger partial charge in [-0.05, 0) is 29.2 Å². The molecule has 1 heterocycles. The summed E-state index contributed by atoms with van der Waals surface area (Å²) < 4.78 is 24.1. The third-order valence-corrected chi connectivity index (χ3v) is 8.70. The number of aromatic nitrogens is 1. The maximum absolute atomic E-state index is 13.7. The molecule has 0 aliphatic heterocycles. The largest absolute Gasteiger partial charge is 0.302 e. The summed E-state index contributed by atoms with van der Waals surface area (Å²) in [4.78, 5) is 31.8. The van der Waals surface area contributed by atoms with E-state index >= 15 is 0 Å². The zero-order valence-electron chi connectivity index (χ0n) is 20.9. The highest BCUT2D eigenvalue weighted by Crippen LogP contribution is 2.34. The van der Waals surface area contributed by atoms with E-state index in [0.717, 1.165) is 22.5 Å². The predicted molar refractivity (Wildman–Crippen MR) is 148 cm³/mol. The molecule has 0 saturated carbocycles. The first-order chi connectivity index (χ1) is 17.7. The van der Waals surface area contributed by atoms with Crippen LogP contribution >= 0.6 is 11.3 Å². The van der Waals surface area contributed by atoms with Gasteiger partial charge in [0.15, 0.2) is 15.0 Å². The first-order valence-corrected chi connectivity index (χ1v) is 14.5. The molecule has 4 aromatic rings. The van der Waals surface area contributed by atoms with Gasteiger partial charge >= 0.3 is 0 Å². The van der Waals surface area contributed by atoms with Gasteiger partial charge in [0.1, 0.15) is 4.88 Å². The van der Waals surface area contributed by atoms with Crippen LogP contribution in [0.3, 0.4) is 0 Å². The Kier molecular flexibility index (Phi) is 8.00. The topological polar surface area (TPSA) is 93.2 Å². The van der Waals surface area contributed by atoms with E-state index in [-0.39, 0.29) is 34.7 Å².